The summed E-state index contributed by atoms with van der Waals surface area (Å²) in [7, 11) is 0. The van der Waals surface area contributed by atoms with Gasteiger partial charge in [-0.25, -0.2) is 5.43 Å². The third-order valence-corrected chi connectivity index (χ3v) is 4.55. The van der Waals surface area contributed by atoms with Crippen LogP contribution in [-0.2, 0) is 4.79 Å². The predicted octanol–water partition coefficient (Wildman–Crippen LogP) is 2.10. The molecular formula is C21H25N3O4. The zero-order valence-electron chi connectivity index (χ0n) is 16.1. The number of amides is 1. The second-order valence-electron chi connectivity index (χ2n) is 6.44. The first kappa shape index (κ1) is 19.7. The molecule has 1 aliphatic heterocycles. The Labute approximate surface area is 164 Å². The van der Waals surface area contributed by atoms with Gasteiger partial charge in [0, 0.05) is 18.8 Å². The number of ether oxygens (including phenoxy) is 2. The van der Waals surface area contributed by atoms with Gasteiger partial charge in [0.2, 0.25) is 6.10 Å². The van der Waals surface area contributed by atoms with Gasteiger partial charge >= 0.3 is 0 Å². The van der Waals surface area contributed by atoms with Crippen LogP contribution in [-0.4, -0.2) is 49.6 Å². The van der Waals surface area contributed by atoms with E-state index in [4.69, 9.17) is 14.6 Å². The quantitative estimate of drug-likeness (QED) is 0.565. The van der Waals surface area contributed by atoms with Crippen molar-refractivity contribution in [1.82, 2.24) is 5.43 Å². The maximum absolute atomic E-state index is 12.3. The lowest BCUT2D eigenvalue weighted by molar-refractivity contribution is -0.130. The molecule has 28 heavy (non-hydrogen) atoms. The number of aliphatic hydroxyl groups is 1. The maximum Gasteiger partial charge on any atom is 0.284 e. The summed E-state index contributed by atoms with van der Waals surface area (Å²) >= 11 is 0. The van der Waals surface area contributed by atoms with Gasteiger partial charge in [-0.15, -0.1) is 0 Å². The highest BCUT2D eigenvalue weighted by molar-refractivity contribution is 5.86. The number of nitrogens with one attached hydrogen (secondary N) is 1. The number of nitrogens with zero attached hydrogens (tertiary/aromatic N) is 2. The number of carbonyl (C=O) groups excluding carboxylic acids is 1. The molecule has 148 valence electrons. The molecular weight excluding hydrogens is 358 g/mol. The fourth-order valence-electron chi connectivity index (χ4n) is 2.98. The second kappa shape index (κ2) is 9.23. The minimum absolute atomic E-state index is 0.111. The van der Waals surface area contributed by atoms with E-state index < -0.39 is 6.10 Å². The van der Waals surface area contributed by atoms with Crippen LogP contribution in [0.3, 0.4) is 0 Å². The molecule has 0 fully saturated rings. The fourth-order valence-corrected chi connectivity index (χ4v) is 2.98. The summed E-state index contributed by atoms with van der Waals surface area (Å²) in [5.41, 5.74) is 5.48. The van der Waals surface area contributed by atoms with Crippen LogP contribution in [0, 0.1) is 6.92 Å². The van der Waals surface area contributed by atoms with Gasteiger partial charge < -0.3 is 19.5 Å². The number of benzene rings is 2. The van der Waals surface area contributed by atoms with E-state index in [1.54, 1.807) is 18.3 Å². The van der Waals surface area contributed by atoms with Crippen LogP contribution in [0.5, 0.6) is 11.5 Å². The standard InChI is InChI=1S/C21H25N3O4/c1-3-24(10-11-25)17-9-8-16(15(2)12-17)13-22-23-21(26)20-14-27-18-6-4-5-7-19(18)28-20/h4-9,12-13,20,25H,3,10-11,14H2,1-2H3,(H,23,26)/b22-13-/t20-/m1/s1. The molecule has 0 bridgehead atoms. The first-order chi connectivity index (χ1) is 13.6. The number of hydrazone groups is 1. The number of para-hydroxylation sites is 2. The van der Waals surface area contributed by atoms with Crippen LogP contribution < -0.4 is 19.8 Å². The van der Waals surface area contributed by atoms with Crippen molar-refractivity contribution in [2.45, 2.75) is 20.0 Å². The molecule has 1 aliphatic rings. The molecule has 1 atom stereocenters. The molecule has 1 heterocycles. The molecule has 0 spiro atoms. The van der Waals surface area contributed by atoms with Crippen molar-refractivity contribution in [2.24, 2.45) is 5.10 Å². The maximum atomic E-state index is 12.3. The molecule has 0 aromatic heterocycles. The third kappa shape index (κ3) is 4.61. The number of hydrogen-bond acceptors (Lipinski definition) is 6. The molecule has 7 nitrogen and oxygen atoms in total. The average Bonchev–Trinajstić information content (AvgIpc) is 2.72. The van der Waals surface area contributed by atoms with E-state index in [1.807, 2.05) is 44.2 Å². The first-order valence-corrected chi connectivity index (χ1v) is 9.30. The number of anilines is 1. The number of likely N-dealkylation sites (N-methyl/N-ethyl adjacent to an activating group) is 1. The third-order valence-electron chi connectivity index (χ3n) is 4.55. The number of aryl methyl sites for hydroxylation is 1. The Kier molecular flexibility index (Phi) is 6.49. The summed E-state index contributed by atoms with van der Waals surface area (Å²) in [5, 5.41) is 13.2. The number of rotatable bonds is 7. The van der Waals surface area contributed by atoms with Crippen molar-refractivity contribution >= 4 is 17.8 Å². The second-order valence-corrected chi connectivity index (χ2v) is 6.44. The number of aliphatic hydroxyl groups excluding tert-OH is 1. The van der Waals surface area contributed by atoms with E-state index in [0.29, 0.717) is 18.0 Å². The molecule has 3 rings (SSSR count). The molecule has 2 aromatic rings. The molecule has 0 aliphatic carbocycles. The molecule has 0 unspecified atom stereocenters. The van der Waals surface area contributed by atoms with Crippen LogP contribution in [0.15, 0.2) is 47.6 Å². The zero-order valence-corrected chi connectivity index (χ0v) is 16.1. The number of fused-ring (bicyclic) bond motifs is 1. The Morgan fingerprint density at radius 1 is 1.32 bits per heavy atom. The normalized spacial score (nSPS) is 15.5. The Morgan fingerprint density at radius 3 is 2.82 bits per heavy atom. The van der Waals surface area contributed by atoms with Crippen molar-refractivity contribution in [3.05, 3.63) is 53.6 Å². The Bertz CT molecular complexity index is 853. The lowest BCUT2D eigenvalue weighted by Crippen LogP contribution is -2.42. The minimum atomic E-state index is -0.743. The van der Waals surface area contributed by atoms with Gasteiger partial charge in [-0.1, -0.05) is 18.2 Å². The van der Waals surface area contributed by atoms with Gasteiger partial charge in [0.05, 0.1) is 12.8 Å². The van der Waals surface area contributed by atoms with Crippen molar-refractivity contribution in [2.75, 3.05) is 31.2 Å². The van der Waals surface area contributed by atoms with E-state index in [0.717, 1.165) is 23.4 Å². The first-order valence-electron chi connectivity index (χ1n) is 9.30. The lowest BCUT2D eigenvalue weighted by Gasteiger charge is -2.24. The summed E-state index contributed by atoms with van der Waals surface area (Å²) in [4.78, 5) is 14.4. The van der Waals surface area contributed by atoms with Crippen LogP contribution in [0.4, 0.5) is 5.69 Å². The van der Waals surface area contributed by atoms with E-state index in [2.05, 4.69) is 15.4 Å². The Balaban J connectivity index is 1.59. The van der Waals surface area contributed by atoms with Gasteiger partial charge in [-0.05, 0) is 49.2 Å². The van der Waals surface area contributed by atoms with Crippen molar-refractivity contribution in [1.29, 1.82) is 0 Å². The van der Waals surface area contributed by atoms with E-state index in [-0.39, 0.29) is 19.1 Å². The van der Waals surface area contributed by atoms with Crippen LogP contribution in [0.25, 0.3) is 0 Å². The van der Waals surface area contributed by atoms with Crippen molar-refractivity contribution in [3.8, 4) is 11.5 Å². The molecule has 2 N–H and O–H groups in total. The Morgan fingerprint density at radius 2 is 2.11 bits per heavy atom. The van der Waals surface area contributed by atoms with E-state index in [9.17, 15) is 4.79 Å². The summed E-state index contributed by atoms with van der Waals surface area (Å²) < 4.78 is 11.2. The largest absolute Gasteiger partial charge is 0.485 e. The summed E-state index contributed by atoms with van der Waals surface area (Å²) in [6.07, 6.45) is 0.865. The van der Waals surface area contributed by atoms with Gasteiger partial charge in [0.1, 0.15) is 6.61 Å². The van der Waals surface area contributed by atoms with Gasteiger partial charge in [0.15, 0.2) is 11.5 Å². The number of carbonyl (C=O) groups is 1. The molecule has 0 saturated carbocycles. The zero-order chi connectivity index (χ0) is 19.9. The average molecular weight is 383 g/mol. The lowest BCUT2D eigenvalue weighted by atomic mass is 10.1. The van der Waals surface area contributed by atoms with E-state index in [1.165, 1.54) is 0 Å². The SMILES string of the molecule is CCN(CCO)c1ccc(/C=N\NC(=O)[C@H]2COc3ccccc3O2)c(C)c1. The molecule has 0 radical (unpaired) electrons. The van der Waals surface area contributed by atoms with E-state index >= 15 is 0 Å². The van der Waals surface area contributed by atoms with Gasteiger partial charge in [0.25, 0.3) is 5.91 Å². The highest BCUT2D eigenvalue weighted by atomic mass is 16.6. The summed E-state index contributed by atoms with van der Waals surface area (Å²) in [5.74, 6) is 0.820. The van der Waals surface area contributed by atoms with Crippen molar-refractivity contribution < 1.29 is 19.4 Å². The van der Waals surface area contributed by atoms with Crippen LogP contribution in [0.2, 0.25) is 0 Å². The highest BCUT2D eigenvalue weighted by Crippen LogP contribution is 2.30. The highest BCUT2D eigenvalue weighted by Gasteiger charge is 2.26. The summed E-state index contributed by atoms with van der Waals surface area (Å²) in [6, 6.07) is 13.2. The molecule has 1 amide bonds. The Hall–Kier alpha value is -3.06. The topological polar surface area (TPSA) is 83.4 Å². The smallest absolute Gasteiger partial charge is 0.284 e. The summed E-state index contributed by atoms with van der Waals surface area (Å²) in [6.45, 7) is 5.69. The van der Waals surface area contributed by atoms with Crippen LogP contribution >= 0.6 is 0 Å². The van der Waals surface area contributed by atoms with Gasteiger partial charge in [-0.2, -0.15) is 5.10 Å². The fraction of sp³-hybridized carbons (Fsp3) is 0.333. The predicted molar refractivity (Wildman–Crippen MR) is 108 cm³/mol. The van der Waals surface area contributed by atoms with Crippen molar-refractivity contribution in [3.63, 3.8) is 0 Å². The van der Waals surface area contributed by atoms with Crippen LogP contribution in [0.1, 0.15) is 18.1 Å². The van der Waals surface area contributed by atoms with Gasteiger partial charge in [-0.3, -0.25) is 4.79 Å². The molecule has 7 heteroatoms. The monoisotopic (exact) mass is 383 g/mol. The number of hydrogen-bond donors (Lipinski definition) is 2. The molecule has 2 aromatic carbocycles. The minimum Gasteiger partial charge on any atom is -0.485 e. The molecule has 0 saturated heterocycles.